The van der Waals surface area contributed by atoms with Crippen LogP contribution in [0.3, 0.4) is 0 Å². The molecule has 1 heterocycles. The first kappa shape index (κ1) is 18.7. The molecule has 0 saturated heterocycles. The number of primary amides is 1. The molecule has 0 unspecified atom stereocenters. The molecule has 6 nitrogen and oxygen atoms in total. The number of thioether (sulfide) groups is 1. The number of rotatable bonds is 6. The van der Waals surface area contributed by atoms with Crippen LogP contribution in [0.4, 0.5) is 5.69 Å². The van der Waals surface area contributed by atoms with Gasteiger partial charge < -0.3 is 11.1 Å². The molecule has 0 spiro atoms. The van der Waals surface area contributed by atoms with Gasteiger partial charge in [0.15, 0.2) is 5.16 Å². The summed E-state index contributed by atoms with van der Waals surface area (Å²) in [6.07, 6.45) is 3.58. The number of aromatic nitrogens is 2. The molecule has 0 aliphatic rings. The minimum absolute atomic E-state index is 0.162. The normalized spacial score (nSPS) is 10.6. The fraction of sp³-hybridized carbons (Fsp3) is 0.150. The van der Waals surface area contributed by atoms with Crippen LogP contribution < -0.4 is 11.1 Å². The summed E-state index contributed by atoms with van der Waals surface area (Å²) in [7, 11) is 0. The van der Waals surface area contributed by atoms with Gasteiger partial charge in [-0.15, -0.1) is 0 Å². The molecule has 2 aromatic carbocycles. The van der Waals surface area contributed by atoms with Crippen molar-refractivity contribution in [2.24, 2.45) is 5.73 Å². The Morgan fingerprint density at radius 2 is 1.85 bits per heavy atom. The summed E-state index contributed by atoms with van der Waals surface area (Å²) in [5.41, 5.74) is 9.37. The molecule has 0 saturated carbocycles. The third-order valence-electron chi connectivity index (χ3n) is 3.89. The van der Waals surface area contributed by atoms with E-state index in [-0.39, 0.29) is 17.2 Å². The SMILES string of the molecule is Cc1cc(C)cc(-n2ccnc2SCC(=O)Nc2ccccc2C(N)=O)c1. The number of aryl methyl sites for hydroxylation is 2. The van der Waals surface area contributed by atoms with E-state index >= 15 is 0 Å². The maximum Gasteiger partial charge on any atom is 0.250 e. The first-order valence-electron chi connectivity index (χ1n) is 8.37. The predicted molar refractivity (Wildman–Crippen MR) is 107 cm³/mol. The monoisotopic (exact) mass is 380 g/mol. The molecule has 0 aliphatic heterocycles. The number of imidazole rings is 1. The number of nitrogens with one attached hydrogen (secondary N) is 1. The van der Waals surface area contributed by atoms with Crippen molar-refractivity contribution in [2.45, 2.75) is 19.0 Å². The summed E-state index contributed by atoms with van der Waals surface area (Å²) in [6.45, 7) is 4.09. The lowest BCUT2D eigenvalue weighted by atomic mass is 10.1. The number of hydrogen-bond acceptors (Lipinski definition) is 4. The number of amides is 2. The number of anilines is 1. The van der Waals surface area contributed by atoms with Crippen LogP contribution in [0.2, 0.25) is 0 Å². The second-order valence-electron chi connectivity index (χ2n) is 6.17. The molecule has 0 radical (unpaired) electrons. The number of nitrogens with two attached hydrogens (primary N) is 1. The van der Waals surface area contributed by atoms with Gasteiger partial charge in [-0.25, -0.2) is 4.98 Å². The van der Waals surface area contributed by atoms with E-state index in [0.717, 1.165) is 22.0 Å². The molecule has 0 atom stereocenters. The molecule has 3 N–H and O–H groups in total. The predicted octanol–water partition coefficient (Wildman–Crippen LogP) is 3.32. The molecule has 0 fully saturated rings. The van der Waals surface area contributed by atoms with Crippen LogP contribution in [0.1, 0.15) is 21.5 Å². The van der Waals surface area contributed by atoms with E-state index in [1.54, 1.807) is 30.5 Å². The number of carbonyl (C=O) groups excluding carboxylic acids is 2. The highest BCUT2D eigenvalue weighted by Crippen LogP contribution is 2.23. The highest BCUT2D eigenvalue weighted by molar-refractivity contribution is 7.99. The number of para-hydroxylation sites is 1. The summed E-state index contributed by atoms with van der Waals surface area (Å²) in [5, 5.41) is 3.45. The van der Waals surface area contributed by atoms with E-state index in [1.165, 1.54) is 11.8 Å². The lowest BCUT2D eigenvalue weighted by molar-refractivity contribution is -0.113. The number of nitrogens with zero attached hydrogens (tertiary/aromatic N) is 2. The van der Waals surface area contributed by atoms with Crippen molar-refractivity contribution in [2.75, 3.05) is 11.1 Å². The zero-order valence-corrected chi connectivity index (χ0v) is 15.9. The van der Waals surface area contributed by atoms with Crippen molar-refractivity contribution in [3.05, 3.63) is 71.5 Å². The minimum Gasteiger partial charge on any atom is -0.366 e. The zero-order valence-electron chi connectivity index (χ0n) is 15.1. The number of hydrogen-bond donors (Lipinski definition) is 2. The fourth-order valence-electron chi connectivity index (χ4n) is 2.81. The summed E-state index contributed by atoms with van der Waals surface area (Å²) in [4.78, 5) is 28.1. The van der Waals surface area contributed by atoms with Gasteiger partial charge in [-0.2, -0.15) is 0 Å². The van der Waals surface area contributed by atoms with Crippen LogP contribution in [0.25, 0.3) is 5.69 Å². The van der Waals surface area contributed by atoms with E-state index < -0.39 is 5.91 Å². The van der Waals surface area contributed by atoms with Gasteiger partial charge in [0.05, 0.1) is 17.0 Å². The number of carbonyl (C=O) groups is 2. The minimum atomic E-state index is -0.580. The van der Waals surface area contributed by atoms with Crippen molar-refractivity contribution in [3.63, 3.8) is 0 Å². The van der Waals surface area contributed by atoms with E-state index in [4.69, 9.17) is 5.73 Å². The maximum absolute atomic E-state index is 12.3. The van der Waals surface area contributed by atoms with Crippen molar-refractivity contribution < 1.29 is 9.59 Å². The highest BCUT2D eigenvalue weighted by atomic mass is 32.2. The van der Waals surface area contributed by atoms with E-state index in [2.05, 4.69) is 28.5 Å². The quantitative estimate of drug-likeness (QED) is 0.642. The van der Waals surface area contributed by atoms with Crippen LogP contribution in [0.15, 0.2) is 60.0 Å². The third kappa shape index (κ3) is 4.57. The Morgan fingerprint density at radius 3 is 2.56 bits per heavy atom. The fourth-order valence-corrected chi connectivity index (χ4v) is 3.58. The summed E-state index contributed by atoms with van der Waals surface area (Å²) >= 11 is 1.33. The molecule has 138 valence electrons. The Kier molecular flexibility index (Phi) is 5.61. The van der Waals surface area contributed by atoms with E-state index in [9.17, 15) is 9.59 Å². The Bertz CT molecular complexity index is 977. The van der Waals surface area contributed by atoms with Gasteiger partial charge >= 0.3 is 0 Å². The average Bonchev–Trinajstić information content (AvgIpc) is 3.08. The van der Waals surface area contributed by atoms with Gasteiger partial charge in [0, 0.05) is 18.1 Å². The Balaban J connectivity index is 1.71. The van der Waals surface area contributed by atoms with Gasteiger partial charge in [0.1, 0.15) is 0 Å². The second kappa shape index (κ2) is 8.09. The van der Waals surface area contributed by atoms with Crippen LogP contribution in [0, 0.1) is 13.8 Å². The lowest BCUT2D eigenvalue weighted by Gasteiger charge is -2.11. The largest absolute Gasteiger partial charge is 0.366 e. The van der Waals surface area contributed by atoms with Gasteiger partial charge in [-0.3, -0.25) is 14.2 Å². The zero-order chi connectivity index (χ0) is 19.4. The molecule has 3 aromatic rings. The van der Waals surface area contributed by atoms with Crippen LogP contribution in [-0.2, 0) is 4.79 Å². The Labute approximate surface area is 161 Å². The molecule has 2 amide bonds. The smallest absolute Gasteiger partial charge is 0.250 e. The first-order valence-corrected chi connectivity index (χ1v) is 9.36. The van der Waals surface area contributed by atoms with E-state index in [0.29, 0.717) is 5.69 Å². The molecular formula is C20H20N4O2S. The summed E-state index contributed by atoms with van der Waals surface area (Å²) < 4.78 is 1.95. The van der Waals surface area contributed by atoms with Crippen LogP contribution >= 0.6 is 11.8 Å². The molecule has 7 heteroatoms. The van der Waals surface area contributed by atoms with Crippen LogP contribution in [-0.4, -0.2) is 27.1 Å². The van der Waals surface area contributed by atoms with Crippen LogP contribution in [0.5, 0.6) is 0 Å². The maximum atomic E-state index is 12.3. The van der Waals surface area contributed by atoms with Crippen molar-refractivity contribution >= 4 is 29.3 Å². The second-order valence-corrected chi connectivity index (χ2v) is 7.11. The average molecular weight is 380 g/mol. The van der Waals surface area contributed by atoms with Gasteiger partial charge in [-0.1, -0.05) is 30.0 Å². The molecule has 0 aliphatic carbocycles. The lowest BCUT2D eigenvalue weighted by Crippen LogP contribution is -2.19. The topological polar surface area (TPSA) is 90.0 Å². The molecule has 0 bridgehead atoms. The molecule has 27 heavy (non-hydrogen) atoms. The van der Waals surface area contributed by atoms with Crippen molar-refractivity contribution in [1.82, 2.24) is 9.55 Å². The van der Waals surface area contributed by atoms with Crippen molar-refractivity contribution in [1.29, 1.82) is 0 Å². The van der Waals surface area contributed by atoms with Gasteiger partial charge in [0.25, 0.3) is 5.91 Å². The molecule has 3 rings (SSSR count). The van der Waals surface area contributed by atoms with Gasteiger partial charge in [0.2, 0.25) is 5.91 Å². The van der Waals surface area contributed by atoms with Gasteiger partial charge in [-0.05, 0) is 49.2 Å². The Morgan fingerprint density at radius 1 is 1.15 bits per heavy atom. The standard InChI is InChI=1S/C20H20N4O2S/c1-13-9-14(2)11-15(10-13)24-8-7-22-20(24)27-12-18(25)23-17-6-4-3-5-16(17)19(21)26/h3-11H,12H2,1-2H3,(H2,21,26)(H,23,25). The molecular weight excluding hydrogens is 360 g/mol. The number of benzene rings is 2. The summed E-state index contributed by atoms with van der Waals surface area (Å²) in [5.74, 6) is -0.651. The summed E-state index contributed by atoms with van der Waals surface area (Å²) in [6, 6.07) is 12.9. The van der Waals surface area contributed by atoms with E-state index in [1.807, 2.05) is 24.6 Å². The third-order valence-corrected chi connectivity index (χ3v) is 4.86. The molecule has 1 aromatic heterocycles. The Hall–Kier alpha value is -3.06. The van der Waals surface area contributed by atoms with Crippen molar-refractivity contribution in [3.8, 4) is 5.69 Å². The first-order chi connectivity index (χ1) is 12.9. The highest BCUT2D eigenvalue weighted by Gasteiger charge is 2.13.